The normalized spacial score (nSPS) is 27.5. The van der Waals surface area contributed by atoms with Crippen LogP contribution < -0.4 is 22.8 Å². The van der Waals surface area contributed by atoms with Crippen LogP contribution in [0.15, 0.2) is 57.9 Å². The van der Waals surface area contributed by atoms with Crippen molar-refractivity contribution in [3.05, 3.63) is 69.3 Å². The van der Waals surface area contributed by atoms with E-state index in [9.17, 15) is 23.5 Å². The van der Waals surface area contributed by atoms with Crippen LogP contribution in [0.2, 0.25) is 0 Å². The Morgan fingerprint density at radius 2 is 1.56 bits per heavy atom. The number of H-pyrrole nitrogens is 1. The number of aromatic amines is 1. The number of halogens is 2. The van der Waals surface area contributed by atoms with Crippen LogP contribution in [-0.2, 0) is 9.47 Å². The van der Waals surface area contributed by atoms with Crippen molar-refractivity contribution < 1.29 is 43.8 Å². The molecule has 0 bridgehead atoms. The van der Waals surface area contributed by atoms with Crippen LogP contribution in [0.3, 0.4) is 0 Å². The summed E-state index contributed by atoms with van der Waals surface area (Å²) in [6.45, 7) is -0.943. The van der Waals surface area contributed by atoms with Crippen molar-refractivity contribution in [2.75, 3.05) is 24.7 Å². The van der Waals surface area contributed by atoms with E-state index in [1.807, 2.05) is 0 Å². The molecule has 0 spiro atoms. The maximum Gasteiger partial charge on any atom is 0.351 e. The van der Waals surface area contributed by atoms with Gasteiger partial charge in [-0.3, -0.25) is 9.55 Å². The van der Waals surface area contributed by atoms with Gasteiger partial charge in [-0.1, -0.05) is 7.43 Å². The van der Waals surface area contributed by atoms with E-state index in [1.165, 1.54) is 24.5 Å². The molecule has 2 aromatic rings. The number of anilines is 2. The fourth-order valence-electron chi connectivity index (χ4n) is 3.09. The molecule has 0 aromatic carbocycles. The molecule has 18 heteroatoms. The number of nitrogens with two attached hydrogens (primary N) is 2. The molecule has 2 fully saturated rings. The lowest BCUT2D eigenvalue weighted by Crippen LogP contribution is -2.28. The van der Waals surface area contributed by atoms with Gasteiger partial charge < -0.3 is 46.5 Å². The number of aromatic nitrogens is 4. The first-order valence-corrected chi connectivity index (χ1v) is 10.4. The Labute approximate surface area is 222 Å². The molecular formula is C21H30BF2N6O9. The van der Waals surface area contributed by atoms with Gasteiger partial charge in [0.05, 0.1) is 25.9 Å². The summed E-state index contributed by atoms with van der Waals surface area (Å²) in [6, 6.07) is 2.86. The summed E-state index contributed by atoms with van der Waals surface area (Å²) in [5.74, 6) is 0.365. The maximum absolute atomic E-state index is 12.8. The Hall–Kier alpha value is -3.52. The molecule has 6 atom stereocenters. The molecular weight excluding hydrogens is 529 g/mol. The Bertz CT molecular complexity index is 1210. The van der Waals surface area contributed by atoms with E-state index in [-0.39, 0.29) is 45.5 Å². The first-order chi connectivity index (χ1) is 17.6. The van der Waals surface area contributed by atoms with E-state index in [0.717, 1.165) is 4.57 Å². The van der Waals surface area contributed by atoms with Gasteiger partial charge in [-0.05, 0) is 12.1 Å². The molecule has 15 nitrogen and oxygen atoms in total. The Morgan fingerprint density at radius 1 is 1.00 bits per heavy atom. The minimum atomic E-state index is -1.44. The fraction of sp³-hybridized carbons (Fsp3) is 0.429. The zero-order valence-corrected chi connectivity index (χ0v) is 19.5. The molecule has 2 aromatic heterocycles. The molecule has 3 radical (unpaired) electrons. The van der Waals surface area contributed by atoms with Crippen molar-refractivity contribution in [1.82, 2.24) is 19.5 Å². The maximum atomic E-state index is 12.8. The first kappa shape index (κ1) is 35.5. The number of nitrogen functional groups attached to an aromatic ring is 2. The lowest BCUT2D eigenvalue weighted by Gasteiger charge is -2.14. The summed E-state index contributed by atoms with van der Waals surface area (Å²) in [7, 11) is 0. The van der Waals surface area contributed by atoms with E-state index in [2.05, 4.69) is 19.7 Å². The summed E-state index contributed by atoms with van der Waals surface area (Å²) in [4.78, 5) is 30.9. The smallest absolute Gasteiger partial charge is 0.351 e. The number of rotatable bonds is 3. The monoisotopic (exact) mass is 559 g/mol. The second kappa shape index (κ2) is 16.4. The Balaban J connectivity index is 0.000000591. The van der Waals surface area contributed by atoms with Crippen LogP contribution in [0, 0.1) is 0 Å². The summed E-state index contributed by atoms with van der Waals surface area (Å²) < 4.78 is 35.4. The molecule has 2 aliphatic heterocycles. The van der Waals surface area contributed by atoms with Crippen LogP contribution in [0.5, 0.6) is 0 Å². The van der Waals surface area contributed by atoms with E-state index in [1.54, 1.807) is 0 Å². The second-order valence-corrected chi connectivity index (χ2v) is 7.40. The third-order valence-electron chi connectivity index (χ3n) is 4.98. The third kappa shape index (κ3) is 9.03. The van der Waals surface area contributed by atoms with Crippen molar-refractivity contribution in [3.63, 3.8) is 0 Å². The van der Waals surface area contributed by atoms with Crippen molar-refractivity contribution in [3.8, 4) is 0 Å². The van der Waals surface area contributed by atoms with Crippen LogP contribution in [0.1, 0.15) is 13.7 Å². The fourth-order valence-corrected chi connectivity index (χ4v) is 3.09. The predicted molar refractivity (Wildman–Crippen MR) is 134 cm³/mol. The highest BCUT2D eigenvalue weighted by molar-refractivity contribution is 5.75. The van der Waals surface area contributed by atoms with Gasteiger partial charge in [-0.2, -0.15) is 4.98 Å². The molecule has 0 saturated carbocycles. The van der Waals surface area contributed by atoms with Gasteiger partial charge in [0.1, 0.15) is 36.1 Å². The number of hydrogen-bond acceptors (Lipinski definition) is 13. The van der Waals surface area contributed by atoms with Gasteiger partial charge in [-0.25, -0.2) is 23.4 Å². The number of ether oxygens (including phenoxy) is 2. The summed E-state index contributed by atoms with van der Waals surface area (Å²) in [5, 5.41) is 45.1. The van der Waals surface area contributed by atoms with Gasteiger partial charge in [0.15, 0.2) is 12.5 Å². The van der Waals surface area contributed by atoms with Crippen LogP contribution in [-0.4, -0.2) is 97.4 Å². The number of nitrogens with one attached hydrogen (secondary N) is 1. The highest BCUT2D eigenvalue weighted by atomic mass is 19.1. The molecule has 0 amide bonds. The number of aliphatic hydroxyl groups excluding tert-OH is 5. The first-order valence-electron chi connectivity index (χ1n) is 10.4. The molecule has 2 saturated heterocycles. The topological polar surface area (TPSA) is 252 Å². The van der Waals surface area contributed by atoms with Gasteiger partial charge in [-0.15, -0.1) is 0 Å². The molecule has 39 heavy (non-hydrogen) atoms. The standard InChI is InChI=1S/C10H12FN3O4.C6H9FO4.C4H5N3O.CH4.B/c11-3-5-8(16)6(4-15)18-9(5)14-2-1-7(12)13-10(14)17;7-1-3-5(9)4(2-8)11-6(3)10;5-3-1-2-6-4(8)7-3;;/h1-3,6,8-9,15-16H,4H2,(H2,12,13,17);1,4-6,8-10H,2H2;1-2H,(H3,5,6,7,8);1H4;/b5-3+;3-1+;;;/t6-,8+,9-;4-,5+,6-;;;/m11.../s1. The zero-order chi connectivity index (χ0) is 27.7. The molecule has 4 rings (SSSR count). The molecule has 0 unspecified atom stereocenters. The third-order valence-corrected chi connectivity index (χ3v) is 4.98. The van der Waals surface area contributed by atoms with Crippen molar-refractivity contribution in [1.29, 1.82) is 0 Å². The predicted octanol–water partition coefficient (Wildman–Crippen LogP) is -2.55. The van der Waals surface area contributed by atoms with Gasteiger partial charge >= 0.3 is 11.4 Å². The van der Waals surface area contributed by atoms with Crippen molar-refractivity contribution in [2.24, 2.45) is 0 Å². The molecule has 2 aliphatic rings. The number of nitrogens with zero attached hydrogens (tertiary/aromatic N) is 3. The molecule has 0 aliphatic carbocycles. The lowest BCUT2D eigenvalue weighted by molar-refractivity contribution is -0.100. The largest absolute Gasteiger partial charge is 0.394 e. The SMILES string of the molecule is C.Nc1ccn([C@@H]2O[C@H](CO)[C@@H](O)/C2=C\F)c(=O)n1.Nc1ccnc(=O)[nH]1.OC[C@H]1O[C@@H](O)/C(=C/F)[C@@H]1O.[B]. The quantitative estimate of drug-likeness (QED) is 0.181. The van der Waals surface area contributed by atoms with E-state index < -0.39 is 61.5 Å². The lowest BCUT2D eigenvalue weighted by atomic mass is 10.1. The van der Waals surface area contributed by atoms with E-state index in [0.29, 0.717) is 5.82 Å². The van der Waals surface area contributed by atoms with Gasteiger partial charge in [0.25, 0.3) is 0 Å². The molecule has 4 heterocycles. The van der Waals surface area contributed by atoms with Crippen LogP contribution in [0.4, 0.5) is 20.4 Å². The minimum Gasteiger partial charge on any atom is -0.394 e. The van der Waals surface area contributed by atoms with E-state index >= 15 is 0 Å². The summed E-state index contributed by atoms with van der Waals surface area (Å²) in [6.07, 6.45) is -4.16. The van der Waals surface area contributed by atoms with Crippen molar-refractivity contribution >= 4 is 20.0 Å². The molecule has 215 valence electrons. The number of aliphatic hydroxyl groups is 5. The highest BCUT2D eigenvalue weighted by Gasteiger charge is 2.40. The zero-order valence-electron chi connectivity index (χ0n) is 19.5. The average molecular weight is 559 g/mol. The molecule has 10 N–H and O–H groups in total. The Morgan fingerprint density at radius 3 is 1.97 bits per heavy atom. The van der Waals surface area contributed by atoms with E-state index in [4.69, 9.17) is 36.6 Å². The number of hydrogen-bond donors (Lipinski definition) is 8. The van der Waals surface area contributed by atoms with Crippen LogP contribution in [0.25, 0.3) is 0 Å². The Kier molecular flexibility index (Phi) is 15.0. The second-order valence-electron chi connectivity index (χ2n) is 7.40. The van der Waals surface area contributed by atoms with Gasteiger partial charge in [0, 0.05) is 32.0 Å². The summed E-state index contributed by atoms with van der Waals surface area (Å²) in [5.41, 5.74) is 8.95. The minimum absolute atomic E-state index is 0. The van der Waals surface area contributed by atoms with Crippen molar-refractivity contribution in [2.45, 2.75) is 44.4 Å². The van der Waals surface area contributed by atoms with Gasteiger partial charge in [0.2, 0.25) is 0 Å². The highest BCUT2D eigenvalue weighted by Crippen LogP contribution is 2.33. The summed E-state index contributed by atoms with van der Waals surface area (Å²) >= 11 is 0. The van der Waals surface area contributed by atoms with Crippen LogP contribution >= 0.6 is 0 Å². The average Bonchev–Trinajstić information content (AvgIpc) is 3.33.